The summed E-state index contributed by atoms with van der Waals surface area (Å²) in [5.74, 6) is 1.31. The predicted molar refractivity (Wildman–Crippen MR) is 86.9 cm³/mol. The van der Waals surface area contributed by atoms with Crippen LogP contribution < -0.4 is 10.5 Å². The van der Waals surface area contributed by atoms with Crippen LogP contribution in [0.5, 0.6) is 11.5 Å². The Morgan fingerprint density at radius 3 is 2.52 bits per heavy atom. The third-order valence-corrected chi connectivity index (χ3v) is 3.29. The van der Waals surface area contributed by atoms with Gasteiger partial charge in [0.2, 0.25) is 0 Å². The summed E-state index contributed by atoms with van der Waals surface area (Å²) in [5, 5.41) is 8.92. The average molecular weight is 302 g/mol. The van der Waals surface area contributed by atoms with Crippen LogP contribution in [0.1, 0.15) is 22.5 Å². The molecule has 2 aromatic rings. The van der Waals surface area contributed by atoms with Crippen molar-refractivity contribution in [2.75, 3.05) is 6.61 Å². The molecule has 0 spiro atoms. The number of benzene rings is 1. The van der Waals surface area contributed by atoms with Crippen molar-refractivity contribution >= 4 is 17.2 Å². The quantitative estimate of drug-likeness (QED) is 0.831. The zero-order valence-corrected chi connectivity index (χ0v) is 12.9. The van der Waals surface area contributed by atoms with E-state index in [9.17, 15) is 0 Å². The van der Waals surface area contributed by atoms with Crippen LogP contribution in [0.3, 0.4) is 0 Å². The number of rotatable bonds is 5. The number of aliphatic hydroxyl groups excluding tert-OH is 1. The van der Waals surface area contributed by atoms with Crippen LogP contribution in [0.15, 0.2) is 30.3 Å². The van der Waals surface area contributed by atoms with Gasteiger partial charge in [-0.3, -0.25) is 4.98 Å². The fourth-order valence-electron chi connectivity index (χ4n) is 2.15. The lowest BCUT2D eigenvalue weighted by Crippen LogP contribution is -2.14. The third-order valence-electron chi connectivity index (χ3n) is 3.09. The van der Waals surface area contributed by atoms with Gasteiger partial charge in [0, 0.05) is 18.4 Å². The molecule has 4 nitrogen and oxygen atoms in total. The van der Waals surface area contributed by atoms with E-state index in [-0.39, 0.29) is 11.6 Å². The fourth-order valence-corrected chi connectivity index (χ4v) is 2.40. The molecule has 0 fully saturated rings. The Balaban J connectivity index is 2.32. The molecule has 0 bridgehead atoms. The van der Waals surface area contributed by atoms with Gasteiger partial charge in [-0.05, 0) is 38.0 Å². The van der Waals surface area contributed by atoms with E-state index < -0.39 is 0 Å². The summed E-state index contributed by atoms with van der Waals surface area (Å²) in [6.07, 6.45) is 0.631. The molecule has 0 saturated heterocycles. The van der Waals surface area contributed by atoms with Crippen LogP contribution in [-0.2, 0) is 6.42 Å². The monoisotopic (exact) mass is 302 g/mol. The van der Waals surface area contributed by atoms with Gasteiger partial charge in [0.05, 0.1) is 11.3 Å². The summed E-state index contributed by atoms with van der Waals surface area (Å²) in [6, 6.07) is 9.39. The average Bonchev–Trinajstić information content (AvgIpc) is 2.40. The Labute approximate surface area is 129 Å². The van der Waals surface area contributed by atoms with E-state index in [0.29, 0.717) is 23.5 Å². The van der Waals surface area contributed by atoms with Gasteiger partial charge in [0.1, 0.15) is 16.5 Å². The van der Waals surface area contributed by atoms with Gasteiger partial charge in [-0.1, -0.05) is 24.4 Å². The van der Waals surface area contributed by atoms with Crippen molar-refractivity contribution in [1.82, 2.24) is 4.98 Å². The Morgan fingerprint density at radius 2 is 1.95 bits per heavy atom. The minimum Gasteiger partial charge on any atom is -0.456 e. The molecular formula is C16H18N2O2S. The van der Waals surface area contributed by atoms with Crippen LogP contribution in [-0.4, -0.2) is 21.7 Å². The topological polar surface area (TPSA) is 68.4 Å². The van der Waals surface area contributed by atoms with Gasteiger partial charge in [-0.25, -0.2) is 0 Å². The summed E-state index contributed by atoms with van der Waals surface area (Å²) in [4.78, 5) is 4.63. The molecule has 0 amide bonds. The normalized spacial score (nSPS) is 10.4. The van der Waals surface area contributed by atoms with E-state index >= 15 is 0 Å². The SMILES string of the molecule is Cc1cc(Oc2ccc(CCO)cc2)c(C(N)=S)c(C)n1. The van der Waals surface area contributed by atoms with E-state index in [0.717, 1.165) is 17.0 Å². The number of thiocarbonyl (C=S) groups is 1. The summed E-state index contributed by atoms with van der Waals surface area (Å²) in [5.41, 5.74) is 9.09. The number of hydrogen-bond acceptors (Lipinski definition) is 4. The number of pyridine rings is 1. The number of aromatic nitrogens is 1. The van der Waals surface area contributed by atoms with Crippen LogP contribution in [0.2, 0.25) is 0 Å². The van der Waals surface area contributed by atoms with E-state index in [2.05, 4.69) is 4.98 Å². The van der Waals surface area contributed by atoms with Gasteiger partial charge in [0.15, 0.2) is 0 Å². The number of ether oxygens (including phenoxy) is 1. The van der Waals surface area contributed by atoms with Crippen molar-refractivity contribution in [1.29, 1.82) is 0 Å². The molecule has 3 N–H and O–H groups in total. The first-order valence-electron chi connectivity index (χ1n) is 6.67. The molecule has 1 heterocycles. The second-order valence-electron chi connectivity index (χ2n) is 4.81. The van der Waals surface area contributed by atoms with Crippen LogP contribution >= 0.6 is 12.2 Å². The molecule has 0 saturated carbocycles. The third kappa shape index (κ3) is 3.77. The highest BCUT2D eigenvalue weighted by atomic mass is 32.1. The molecule has 1 aromatic heterocycles. The minimum atomic E-state index is 0.133. The van der Waals surface area contributed by atoms with Crippen molar-refractivity contribution in [3.63, 3.8) is 0 Å². The lowest BCUT2D eigenvalue weighted by Gasteiger charge is -2.13. The fraction of sp³-hybridized carbons (Fsp3) is 0.250. The molecule has 1 aromatic carbocycles. The van der Waals surface area contributed by atoms with Gasteiger partial charge in [0.25, 0.3) is 0 Å². The molecule has 0 atom stereocenters. The van der Waals surface area contributed by atoms with E-state index in [4.69, 9.17) is 27.8 Å². The molecule has 2 rings (SSSR count). The number of aliphatic hydroxyl groups is 1. The van der Waals surface area contributed by atoms with Crippen molar-refractivity contribution in [2.24, 2.45) is 5.73 Å². The minimum absolute atomic E-state index is 0.133. The summed E-state index contributed by atoms with van der Waals surface area (Å²) >= 11 is 5.08. The Bertz CT molecular complexity index is 654. The second kappa shape index (κ2) is 6.65. The van der Waals surface area contributed by atoms with Crippen molar-refractivity contribution < 1.29 is 9.84 Å². The Kier molecular flexibility index (Phi) is 4.88. The van der Waals surface area contributed by atoms with Gasteiger partial charge < -0.3 is 15.6 Å². The van der Waals surface area contributed by atoms with E-state index in [1.54, 1.807) is 0 Å². The zero-order chi connectivity index (χ0) is 15.4. The lowest BCUT2D eigenvalue weighted by molar-refractivity contribution is 0.299. The smallest absolute Gasteiger partial charge is 0.141 e. The standard InChI is InChI=1S/C16H18N2O2S/c1-10-9-14(15(16(17)21)11(2)18-10)20-13-5-3-12(4-6-13)7-8-19/h3-6,9,19H,7-8H2,1-2H3,(H2,17,21). The van der Waals surface area contributed by atoms with E-state index in [1.165, 1.54) is 0 Å². The van der Waals surface area contributed by atoms with Gasteiger partial charge in [-0.15, -0.1) is 0 Å². The Hall–Kier alpha value is -1.98. The van der Waals surface area contributed by atoms with Crippen molar-refractivity contribution in [2.45, 2.75) is 20.3 Å². The maximum absolute atomic E-state index is 8.92. The van der Waals surface area contributed by atoms with Crippen molar-refractivity contribution in [3.8, 4) is 11.5 Å². The largest absolute Gasteiger partial charge is 0.456 e. The van der Waals surface area contributed by atoms with Crippen molar-refractivity contribution in [3.05, 3.63) is 52.8 Å². The maximum atomic E-state index is 8.92. The molecule has 0 aliphatic heterocycles. The molecule has 0 radical (unpaired) electrons. The van der Waals surface area contributed by atoms with Gasteiger partial charge >= 0.3 is 0 Å². The Morgan fingerprint density at radius 1 is 1.29 bits per heavy atom. The highest BCUT2D eigenvalue weighted by Crippen LogP contribution is 2.28. The molecule has 110 valence electrons. The molecule has 0 unspecified atom stereocenters. The van der Waals surface area contributed by atoms with E-state index in [1.807, 2.05) is 44.2 Å². The molecular weight excluding hydrogens is 284 g/mol. The first-order valence-corrected chi connectivity index (χ1v) is 7.08. The molecule has 0 aliphatic rings. The van der Waals surface area contributed by atoms with Crippen LogP contribution in [0.4, 0.5) is 0 Å². The summed E-state index contributed by atoms with van der Waals surface area (Å²) < 4.78 is 5.90. The van der Waals surface area contributed by atoms with Crippen LogP contribution in [0.25, 0.3) is 0 Å². The number of nitrogens with zero attached hydrogens (tertiary/aromatic N) is 1. The maximum Gasteiger partial charge on any atom is 0.141 e. The molecule has 5 heteroatoms. The highest BCUT2D eigenvalue weighted by molar-refractivity contribution is 7.80. The first-order chi connectivity index (χ1) is 10.0. The number of hydrogen-bond donors (Lipinski definition) is 2. The first kappa shape index (κ1) is 15.4. The lowest BCUT2D eigenvalue weighted by atomic mass is 10.1. The summed E-state index contributed by atoms with van der Waals surface area (Å²) in [6.45, 7) is 3.89. The second-order valence-corrected chi connectivity index (χ2v) is 5.25. The van der Waals surface area contributed by atoms with Crippen LogP contribution in [0, 0.1) is 13.8 Å². The predicted octanol–water partition coefficient (Wildman–Crippen LogP) is 2.66. The number of aryl methyl sites for hydroxylation is 2. The molecule has 0 aliphatic carbocycles. The summed E-state index contributed by atoms with van der Waals surface area (Å²) in [7, 11) is 0. The number of nitrogens with two attached hydrogens (primary N) is 1. The molecule has 21 heavy (non-hydrogen) atoms. The zero-order valence-electron chi connectivity index (χ0n) is 12.1. The highest BCUT2D eigenvalue weighted by Gasteiger charge is 2.13. The van der Waals surface area contributed by atoms with Gasteiger partial charge in [-0.2, -0.15) is 0 Å².